The second kappa shape index (κ2) is 5.59. The lowest BCUT2D eigenvalue weighted by molar-refractivity contribution is -0.127. The Morgan fingerprint density at radius 3 is 2.79 bits per heavy atom. The molecule has 1 saturated heterocycles. The number of amides is 1. The maximum atomic E-state index is 11.5. The molecule has 1 N–H and O–H groups in total. The van der Waals surface area contributed by atoms with Crippen LogP contribution in [0.25, 0.3) is 0 Å². The fourth-order valence-corrected chi connectivity index (χ4v) is 2.22. The average molecular weight is 261 g/mol. The van der Waals surface area contributed by atoms with E-state index in [-0.39, 0.29) is 11.3 Å². The summed E-state index contributed by atoms with van der Waals surface area (Å²) in [6.07, 6.45) is 5.46. The van der Waals surface area contributed by atoms with Crippen LogP contribution in [0.15, 0.2) is 18.5 Å². The van der Waals surface area contributed by atoms with Gasteiger partial charge in [0.15, 0.2) is 0 Å². The first-order chi connectivity index (χ1) is 8.97. The largest absolute Gasteiger partial charge is 0.382 e. The zero-order valence-corrected chi connectivity index (χ0v) is 12.1. The highest BCUT2D eigenvalue weighted by molar-refractivity contribution is 5.78. The number of likely N-dealkylation sites (tertiary alicyclic amines) is 1. The summed E-state index contributed by atoms with van der Waals surface area (Å²) >= 11 is 0. The van der Waals surface area contributed by atoms with Crippen molar-refractivity contribution in [3.05, 3.63) is 24.0 Å². The molecule has 19 heavy (non-hydrogen) atoms. The molecular weight excluding hydrogens is 238 g/mol. The van der Waals surface area contributed by atoms with Crippen molar-refractivity contribution >= 4 is 11.6 Å². The van der Waals surface area contributed by atoms with Crippen molar-refractivity contribution in [1.29, 1.82) is 0 Å². The van der Waals surface area contributed by atoms with E-state index in [1.165, 1.54) is 5.56 Å². The van der Waals surface area contributed by atoms with Crippen LogP contribution in [0, 0.1) is 0 Å². The van der Waals surface area contributed by atoms with Crippen molar-refractivity contribution in [2.24, 2.45) is 0 Å². The molecule has 4 nitrogen and oxygen atoms in total. The first-order valence-corrected chi connectivity index (χ1v) is 6.94. The van der Waals surface area contributed by atoms with E-state index in [9.17, 15) is 4.79 Å². The van der Waals surface area contributed by atoms with Crippen molar-refractivity contribution in [3.63, 3.8) is 0 Å². The summed E-state index contributed by atoms with van der Waals surface area (Å²) in [6.45, 7) is 8.99. The first kappa shape index (κ1) is 13.8. The number of carbonyl (C=O) groups is 1. The normalized spacial score (nSPS) is 15.9. The molecule has 2 rings (SSSR count). The van der Waals surface area contributed by atoms with Gasteiger partial charge in [0.2, 0.25) is 5.91 Å². The third kappa shape index (κ3) is 3.69. The van der Waals surface area contributed by atoms with Gasteiger partial charge in [-0.2, -0.15) is 0 Å². The van der Waals surface area contributed by atoms with Crippen LogP contribution in [0.4, 0.5) is 5.69 Å². The van der Waals surface area contributed by atoms with Gasteiger partial charge >= 0.3 is 0 Å². The summed E-state index contributed by atoms with van der Waals surface area (Å²) in [5.74, 6) is 0.281. The smallest absolute Gasteiger partial charge is 0.222 e. The standard InChI is InChI=1S/C15H23N3O/c1-15(2,3)12-9-13(11-16-10-12)17-6-8-18-7-4-5-14(18)19/h9-11,17H,4-8H2,1-3H3. The lowest BCUT2D eigenvalue weighted by Crippen LogP contribution is -2.30. The third-order valence-electron chi connectivity index (χ3n) is 3.49. The van der Waals surface area contributed by atoms with Gasteiger partial charge in [0.1, 0.15) is 0 Å². The maximum absolute atomic E-state index is 11.5. The quantitative estimate of drug-likeness (QED) is 0.905. The van der Waals surface area contributed by atoms with Gasteiger partial charge in [0.05, 0.1) is 5.69 Å². The van der Waals surface area contributed by atoms with Crippen LogP contribution in [0.1, 0.15) is 39.2 Å². The van der Waals surface area contributed by atoms with Crippen molar-refractivity contribution in [2.75, 3.05) is 25.0 Å². The molecule has 104 valence electrons. The number of nitrogens with zero attached hydrogens (tertiary/aromatic N) is 2. The average Bonchev–Trinajstić information content (AvgIpc) is 2.75. The highest BCUT2D eigenvalue weighted by Crippen LogP contribution is 2.23. The minimum Gasteiger partial charge on any atom is -0.382 e. The molecule has 0 spiro atoms. The molecule has 4 heteroatoms. The van der Waals surface area contributed by atoms with E-state index in [0.717, 1.165) is 31.7 Å². The van der Waals surface area contributed by atoms with Gasteiger partial charge in [-0.1, -0.05) is 20.8 Å². The van der Waals surface area contributed by atoms with E-state index >= 15 is 0 Å². The fourth-order valence-electron chi connectivity index (χ4n) is 2.22. The number of aromatic nitrogens is 1. The highest BCUT2D eigenvalue weighted by Gasteiger charge is 2.19. The molecule has 1 amide bonds. The molecule has 0 saturated carbocycles. The number of nitrogens with one attached hydrogen (secondary N) is 1. The molecule has 0 aromatic carbocycles. The van der Waals surface area contributed by atoms with Crippen LogP contribution in [-0.4, -0.2) is 35.4 Å². The molecule has 2 heterocycles. The number of carbonyl (C=O) groups excluding carboxylic acids is 1. The van der Waals surface area contributed by atoms with Gasteiger partial charge in [0, 0.05) is 38.4 Å². The third-order valence-corrected chi connectivity index (χ3v) is 3.49. The molecule has 0 unspecified atom stereocenters. The van der Waals surface area contributed by atoms with Gasteiger partial charge in [-0.3, -0.25) is 9.78 Å². The van der Waals surface area contributed by atoms with Crippen LogP contribution in [0.3, 0.4) is 0 Å². The summed E-state index contributed by atoms with van der Waals surface area (Å²) in [6, 6.07) is 2.14. The van der Waals surface area contributed by atoms with E-state index in [1.807, 2.05) is 17.3 Å². The van der Waals surface area contributed by atoms with E-state index in [1.54, 1.807) is 0 Å². The Hall–Kier alpha value is -1.58. The van der Waals surface area contributed by atoms with Gasteiger partial charge in [0.25, 0.3) is 0 Å². The summed E-state index contributed by atoms with van der Waals surface area (Å²) in [7, 11) is 0. The summed E-state index contributed by atoms with van der Waals surface area (Å²) < 4.78 is 0. The zero-order chi connectivity index (χ0) is 13.9. The Morgan fingerprint density at radius 2 is 2.16 bits per heavy atom. The summed E-state index contributed by atoms with van der Waals surface area (Å²) in [5.41, 5.74) is 2.35. The van der Waals surface area contributed by atoms with Gasteiger partial charge in [-0.05, 0) is 23.5 Å². The Kier molecular flexibility index (Phi) is 4.08. The number of hydrogen-bond donors (Lipinski definition) is 1. The molecule has 0 atom stereocenters. The highest BCUT2D eigenvalue weighted by atomic mass is 16.2. The SMILES string of the molecule is CC(C)(C)c1cncc(NCCN2CCCC2=O)c1. The fraction of sp³-hybridized carbons (Fsp3) is 0.600. The monoisotopic (exact) mass is 261 g/mol. The number of pyridine rings is 1. The first-order valence-electron chi connectivity index (χ1n) is 6.94. The van der Waals surface area contributed by atoms with Crippen LogP contribution in [0.2, 0.25) is 0 Å². The molecule has 1 fully saturated rings. The lowest BCUT2D eigenvalue weighted by Gasteiger charge is -2.20. The molecule has 0 bridgehead atoms. The summed E-state index contributed by atoms with van der Waals surface area (Å²) in [4.78, 5) is 17.7. The number of anilines is 1. The topological polar surface area (TPSA) is 45.2 Å². The van der Waals surface area contributed by atoms with Crippen LogP contribution in [-0.2, 0) is 10.2 Å². The van der Waals surface area contributed by atoms with E-state index in [4.69, 9.17) is 0 Å². The Bertz CT molecular complexity index is 451. The number of hydrogen-bond acceptors (Lipinski definition) is 3. The minimum absolute atomic E-state index is 0.107. The van der Waals surface area contributed by atoms with Gasteiger partial charge in [-0.15, -0.1) is 0 Å². The maximum Gasteiger partial charge on any atom is 0.222 e. The molecule has 0 radical (unpaired) electrons. The van der Waals surface area contributed by atoms with Crippen molar-refractivity contribution < 1.29 is 4.79 Å². The molecule has 1 aromatic rings. The lowest BCUT2D eigenvalue weighted by atomic mass is 9.88. The van der Waals surface area contributed by atoms with E-state index in [0.29, 0.717) is 6.42 Å². The van der Waals surface area contributed by atoms with Gasteiger partial charge < -0.3 is 10.2 Å². The van der Waals surface area contributed by atoms with Crippen LogP contribution in [0.5, 0.6) is 0 Å². The van der Waals surface area contributed by atoms with Crippen molar-refractivity contribution in [3.8, 4) is 0 Å². The van der Waals surface area contributed by atoms with Crippen LogP contribution >= 0.6 is 0 Å². The molecular formula is C15H23N3O. The molecule has 1 aliphatic heterocycles. The minimum atomic E-state index is 0.107. The van der Waals surface area contributed by atoms with E-state index in [2.05, 4.69) is 37.1 Å². The Labute approximate surface area is 115 Å². The van der Waals surface area contributed by atoms with E-state index < -0.39 is 0 Å². The van der Waals surface area contributed by atoms with Crippen molar-refractivity contribution in [2.45, 2.75) is 39.0 Å². The summed E-state index contributed by atoms with van der Waals surface area (Å²) in [5, 5.41) is 3.35. The Morgan fingerprint density at radius 1 is 1.37 bits per heavy atom. The second-order valence-electron chi connectivity index (χ2n) is 6.12. The molecule has 1 aromatic heterocycles. The predicted molar refractivity (Wildman–Crippen MR) is 77.2 cm³/mol. The predicted octanol–water partition coefficient (Wildman–Crippen LogP) is 2.41. The number of rotatable bonds is 4. The van der Waals surface area contributed by atoms with Crippen LogP contribution < -0.4 is 5.32 Å². The Balaban J connectivity index is 1.87. The zero-order valence-electron chi connectivity index (χ0n) is 12.1. The molecule has 1 aliphatic rings. The van der Waals surface area contributed by atoms with Gasteiger partial charge in [-0.25, -0.2) is 0 Å². The molecule has 0 aliphatic carbocycles. The van der Waals surface area contributed by atoms with Crippen molar-refractivity contribution in [1.82, 2.24) is 9.88 Å². The second-order valence-corrected chi connectivity index (χ2v) is 6.12.